The van der Waals surface area contributed by atoms with Crippen molar-refractivity contribution in [2.24, 2.45) is 10.9 Å². The fourth-order valence-electron chi connectivity index (χ4n) is 3.98. The Bertz CT molecular complexity index is 878. The number of thioether (sulfide) groups is 1. The molecule has 0 saturated carbocycles. The van der Waals surface area contributed by atoms with Crippen molar-refractivity contribution in [1.29, 1.82) is 0 Å². The van der Waals surface area contributed by atoms with E-state index in [1.165, 1.54) is 17.4 Å². The third-order valence-corrected chi connectivity index (χ3v) is 6.70. The van der Waals surface area contributed by atoms with E-state index in [0.29, 0.717) is 25.5 Å². The van der Waals surface area contributed by atoms with Crippen molar-refractivity contribution in [2.45, 2.75) is 24.3 Å². The maximum atomic E-state index is 13.9. The molecule has 2 aliphatic rings. The zero-order valence-corrected chi connectivity index (χ0v) is 18.1. The number of hydrogen-bond donors (Lipinski definition) is 1. The number of likely N-dealkylation sites (tertiary alicyclic amines) is 1. The van der Waals surface area contributed by atoms with E-state index in [-0.39, 0.29) is 12.6 Å². The second-order valence-corrected chi connectivity index (χ2v) is 8.71. The average Bonchev–Trinajstić information content (AvgIpc) is 3.24. The van der Waals surface area contributed by atoms with E-state index in [9.17, 15) is 4.39 Å². The van der Waals surface area contributed by atoms with Crippen LogP contribution in [0.25, 0.3) is 0 Å². The summed E-state index contributed by atoms with van der Waals surface area (Å²) in [4.78, 5) is 8.10. The molecule has 1 fully saturated rings. The summed E-state index contributed by atoms with van der Waals surface area (Å²) < 4.78 is 24.8. The molecule has 5 nitrogen and oxygen atoms in total. The van der Waals surface area contributed by atoms with E-state index >= 15 is 0 Å². The van der Waals surface area contributed by atoms with Crippen molar-refractivity contribution < 1.29 is 13.9 Å². The van der Waals surface area contributed by atoms with E-state index in [0.717, 1.165) is 41.7 Å². The van der Waals surface area contributed by atoms with E-state index < -0.39 is 0 Å². The highest BCUT2D eigenvalue weighted by Crippen LogP contribution is 2.30. The first-order valence-electron chi connectivity index (χ1n) is 10.4. The zero-order chi connectivity index (χ0) is 20.8. The number of ether oxygens (including phenoxy) is 2. The molecule has 2 aliphatic heterocycles. The molecule has 30 heavy (non-hydrogen) atoms. The predicted octanol–water partition coefficient (Wildman–Crippen LogP) is 3.92. The molecule has 7 heteroatoms. The van der Waals surface area contributed by atoms with Gasteiger partial charge in [-0.25, -0.2) is 4.39 Å². The molecule has 2 heterocycles. The van der Waals surface area contributed by atoms with Crippen LogP contribution in [0.1, 0.15) is 17.5 Å². The molecule has 0 aromatic heterocycles. The number of nitrogens with zero attached hydrogens (tertiary/aromatic N) is 2. The molecular formula is C23H28FN3O2S. The van der Waals surface area contributed by atoms with Gasteiger partial charge in [0, 0.05) is 42.9 Å². The molecule has 1 unspecified atom stereocenters. The fraction of sp³-hybridized carbons (Fsp3) is 0.435. The van der Waals surface area contributed by atoms with Crippen LogP contribution in [0, 0.1) is 11.7 Å². The average molecular weight is 430 g/mol. The summed E-state index contributed by atoms with van der Waals surface area (Å²) in [6.07, 6.45) is 1.84. The van der Waals surface area contributed by atoms with Crippen molar-refractivity contribution in [3.63, 3.8) is 0 Å². The molecular weight excluding hydrogens is 401 g/mol. The van der Waals surface area contributed by atoms with Gasteiger partial charge in [-0.05, 0) is 48.6 Å². The van der Waals surface area contributed by atoms with E-state index in [4.69, 9.17) is 9.47 Å². The largest absolute Gasteiger partial charge is 0.467 e. The number of benzene rings is 2. The minimum atomic E-state index is -0.250. The number of hydrogen-bond acceptors (Lipinski definition) is 4. The molecule has 0 aliphatic carbocycles. The summed E-state index contributed by atoms with van der Waals surface area (Å²) in [5.74, 6) is 3.19. The van der Waals surface area contributed by atoms with Gasteiger partial charge in [-0.2, -0.15) is 0 Å². The van der Waals surface area contributed by atoms with Gasteiger partial charge in [0.1, 0.15) is 11.6 Å². The molecule has 160 valence electrons. The van der Waals surface area contributed by atoms with E-state index in [1.54, 1.807) is 6.07 Å². The number of fused-ring (bicyclic) bond motifs is 1. The van der Waals surface area contributed by atoms with Gasteiger partial charge in [-0.3, -0.25) is 4.99 Å². The minimum absolute atomic E-state index is 0.219. The van der Waals surface area contributed by atoms with Gasteiger partial charge < -0.3 is 19.7 Å². The van der Waals surface area contributed by atoms with Gasteiger partial charge in [0.05, 0.1) is 6.61 Å². The second kappa shape index (κ2) is 10.2. The van der Waals surface area contributed by atoms with Crippen LogP contribution >= 0.6 is 11.8 Å². The van der Waals surface area contributed by atoms with E-state index in [1.807, 2.05) is 18.8 Å². The van der Waals surface area contributed by atoms with Crippen molar-refractivity contribution in [2.75, 3.05) is 39.2 Å². The summed E-state index contributed by atoms with van der Waals surface area (Å²) >= 11 is 1.92. The van der Waals surface area contributed by atoms with Crippen molar-refractivity contribution in [3.05, 3.63) is 59.4 Å². The maximum absolute atomic E-state index is 13.9. The lowest BCUT2D eigenvalue weighted by Crippen LogP contribution is -2.41. The molecule has 2 aromatic rings. The topological polar surface area (TPSA) is 46.1 Å². The van der Waals surface area contributed by atoms with Gasteiger partial charge in [0.15, 0.2) is 12.8 Å². The Kier molecular flexibility index (Phi) is 7.12. The number of halogens is 1. The quantitative estimate of drug-likeness (QED) is 0.428. The van der Waals surface area contributed by atoms with Gasteiger partial charge >= 0.3 is 0 Å². The van der Waals surface area contributed by atoms with Crippen LogP contribution < -0.4 is 10.1 Å². The minimum Gasteiger partial charge on any atom is -0.467 e. The Hall–Kier alpha value is -2.25. The Morgan fingerprint density at radius 1 is 1.30 bits per heavy atom. The van der Waals surface area contributed by atoms with Crippen LogP contribution in [-0.2, 0) is 17.8 Å². The molecule has 0 amide bonds. The molecule has 1 N–H and O–H groups in total. The first kappa shape index (κ1) is 21.0. The number of nitrogens with one attached hydrogen (secondary N) is 1. The molecule has 1 atom stereocenters. The Morgan fingerprint density at radius 3 is 3.00 bits per heavy atom. The fourth-order valence-corrected chi connectivity index (χ4v) is 5.03. The lowest BCUT2D eigenvalue weighted by Gasteiger charge is -2.23. The third kappa shape index (κ3) is 5.26. The number of rotatable bonds is 6. The summed E-state index contributed by atoms with van der Waals surface area (Å²) in [7, 11) is 1.82. The Balaban J connectivity index is 1.27. The summed E-state index contributed by atoms with van der Waals surface area (Å²) in [5.41, 5.74) is 1.65. The monoisotopic (exact) mass is 429 g/mol. The predicted molar refractivity (Wildman–Crippen MR) is 119 cm³/mol. The molecule has 0 bridgehead atoms. The van der Waals surface area contributed by atoms with Crippen LogP contribution in [0.15, 0.2) is 52.4 Å². The van der Waals surface area contributed by atoms with Crippen LogP contribution in [0.2, 0.25) is 0 Å². The van der Waals surface area contributed by atoms with Crippen LogP contribution in [0.3, 0.4) is 0 Å². The second-order valence-electron chi connectivity index (χ2n) is 7.61. The molecule has 4 rings (SSSR count). The van der Waals surface area contributed by atoms with Crippen LogP contribution in [0.5, 0.6) is 5.75 Å². The Morgan fingerprint density at radius 2 is 2.17 bits per heavy atom. The van der Waals surface area contributed by atoms with Crippen LogP contribution in [-0.4, -0.2) is 50.1 Å². The highest BCUT2D eigenvalue weighted by Gasteiger charge is 2.25. The summed E-state index contributed by atoms with van der Waals surface area (Å²) in [6, 6.07) is 13.6. The van der Waals surface area contributed by atoms with Gasteiger partial charge in [0.25, 0.3) is 0 Å². The summed E-state index contributed by atoms with van der Waals surface area (Å²) in [6.45, 7) is 3.31. The lowest BCUT2D eigenvalue weighted by molar-refractivity contribution is -0.0172. The molecule has 0 radical (unpaired) electrons. The molecule has 2 aromatic carbocycles. The highest BCUT2D eigenvalue weighted by molar-refractivity contribution is 7.99. The summed E-state index contributed by atoms with van der Waals surface area (Å²) in [5, 5.41) is 3.44. The SMILES string of the molecule is CN=C(NCCc1cc(F)cc2c1OCOC2)N1CCC(CSc2ccccc2)C1. The standard InChI is InChI=1S/C23H28FN3O2S/c1-25-23(27-10-8-17(13-27)15-30-21-5-3-2-4-6-21)26-9-7-18-11-20(24)12-19-14-28-16-29-22(18)19/h2-6,11-12,17H,7-10,13-16H2,1H3,(H,25,26). The highest BCUT2D eigenvalue weighted by atomic mass is 32.2. The first-order chi connectivity index (χ1) is 14.7. The number of guanidine groups is 1. The van der Waals surface area contributed by atoms with Crippen molar-refractivity contribution in [1.82, 2.24) is 10.2 Å². The zero-order valence-electron chi connectivity index (χ0n) is 17.3. The van der Waals surface area contributed by atoms with Crippen LogP contribution in [0.4, 0.5) is 4.39 Å². The number of aliphatic imine (C=N–C) groups is 1. The molecule has 1 saturated heterocycles. The smallest absolute Gasteiger partial charge is 0.193 e. The normalized spacial score (nSPS) is 18.8. The van der Waals surface area contributed by atoms with Crippen molar-refractivity contribution >= 4 is 17.7 Å². The van der Waals surface area contributed by atoms with E-state index in [2.05, 4.69) is 45.5 Å². The van der Waals surface area contributed by atoms with Gasteiger partial charge in [0.2, 0.25) is 0 Å². The van der Waals surface area contributed by atoms with Gasteiger partial charge in [-0.1, -0.05) is 18.2 Å². The maximum Gasteiger partial charge on any atom is 0.193 e. The van der Waals surface area contributed by atoms with Gasteiger partial charge in [-0.15, -0.1) is 11.8 Å². The van der Waals surface area contributed by atoms with Crippen molar-refractivity contribution in [3.8, 4) is 5.75 Å². The molecule has 0 spiro atoms. The first-order valence-corrected chi connectivity index (χ1v) is 11.4. The lowest BCUT2D eigenvalue weighted by atomic mass is 10.1. The third-order valence-electron chi connectivity index (χ3n) is 5.46. The Labute approximate surface area is 181 Å².